The molecule has 0 bridgehead atoms. The van der Waals surface area contributed by atoms with Gasteiger partial charge in [-0.25, -0.2) is 8.78 Å². The lowest BCUT2D eigenvalue weighted by molar-refractivity contribution is -0.127. The zero-order valence-corrected chi connectivity index (χ0v) is 38.4. The maximum atomic E-state index is 14.6. The zero-order chi connectivity index (χ0) is 46.1. The first-order chi connectivity index (χ1) is 32.2. The largest absolute Gasteiger partial charge is 0.492 e. The van der Waals surface area contributed by atoms with E-state index in [0.717, 1.165) is 87.6 Å². The molecule has 6 aromatic carbocycles. The Morgan fingerprint density at radius 1 is 0.500 bits per heavy atom. The average molecular weight is 934 g/mol. The van der Waals surface area contributed by atoms with Crippen molar-refractivity contribution in [1.82, 2.24) is 20.4 Å². The number of amides is 2. The summed E-state index contributed by atoms with van der Waals surface area (Å²) in [6.07, 6.45) is 3.06. The number of piperidine rings is 2. The van der Waals surface area contributed by atoms with E-state index in [9.17, 15) is 18.4 Å². The van der Waals surface area contributed by atoms with Gasteiger partial charge < -0.3 is 20.1 Å². The molecule has 0 aromatic heterocycles. The van der Waals surface area contributed by atoms with Gasteiger partial charge in [-0.2, -0.15) is 0 Å². The Labute approximate surface area is 396 Å². The maximum Gasteiger partial charge on any atom is 0.223 e. The Kier molecular flexibility index (Phi) is 18.0. The number of hydrogen-bond acceptors (Lipinski definition) is 6. The predicted molar refractivity (Wildman–Crippen MR) is 258 cm³/mol. The summed E-state index contributed by atoms with van der Waals surface area (Å²) in [6.45, 7) is 6.23. The van der Waals surface area contributed by atoms with Crippen LogP contribution in [0.2, 0.25) is 10.0 Å². The van der Waals surface area contributed by atoms with Crippen LogP contribution < -0.4 is 20.1 Å². The Bertz CT molecular complexity index is 2250. The molecular formula is C54H56Cl2F2N4O4. The highest BCUT2D eigenvalue weighted by atomic mass is 35.5. The summed E-state index contributed by atoms with van der Waals surface area (Å²) in [5.41, 5.74) is 2.49. The third-order valence-corrected chi connectivity index (χ3v) is 12.7. The molecule has 12 heteroatoms. The number of likely N-dealkylation sites (tertiary alicyclic amines) is 2. The van der Waals surface area contributed by atoms with E-state index >= 15 is 0 Å². The van der Waals surface area contributed by atoms with Gasteiger partial charge in [-0.05, 0) is 124 Å². The fraction of sp³-hybridized carbons (Fsp3) is 0.296. The highest BCUT2D eigenvalue weighted by Crippen LogP contribution is 2.29. The van der Waals surface area contributed by atoms with Crippen molar-refractivity contribution in [2.45, 2.75) is 37.8 Å². The van der Waals surface area contributed by atoms with E-state index < -0.39 is 12.1 Å². The van der Waals surface area contributed by atoms with Gasteiger partial charge in [-0.15, -0.1) is 0 Å². The van der Waals surface area contributed by atoms with E-state index in [1.54, 1.807) is 60.7 Å². The number of nitrogens with zero attached hydrogens (tertiary/aromatic N) is 2. The summed E-state index contributed by atoms with van der Waals surface area (Å²) < 4.78 is 40.8. The summed E-state index contributed by atoms with van der Waals surface area (Å²) in [4.78, 5) is 30.9. The lowest BCUT2D eigenvalue weighted by atomic mass is 9.93. The van der Waals surface area contributed by atoms with Crippen LogP contribution in [0, 0.1) is 23.5 Å². The highest BCUT2D eigenvalue weighted by molar-refractivity contribution is 6.30. The molecule has 0 radical (unpaired) electrons. The van der Waals surface area contributed by atoms with Crippen LogP contribution in [-0.4, -0.2) is 74.1 Å². The average Bonchev–Trinajstić information content (AvgIpc) is 3.35. The van der Waals surface area contributed by atoms with Crippen LogP contribution in [0.4, 0.5) is 8.78 Å². The fourth-order valence-electron chi connectivity index (χ4n) is 8.39. The third kappa shape index (κ3) is 14.1. The lowest BCUT2D eigenvalue weighted by Gasteiger charge is -2.32. The summed E-state index contributed by atoms with van der Waals surface area (Å²) in [6, 6.07) is 45.9. The molecule has 0 saturated carbocycles. The van der Waals surface area contributed by atoms with Gasteiger partial charge in [-0.1, -0.05) is 120 Å². The second kappa shape index (κ2) is 24.7. The summed E-state index contributed by atoms with van der Waals surface area (Å²) in [7, 11) is 0. The van der Waals surface area contributed by atoms with Crippen molar-refractivity contribution in [3.8, 4) is 11.5 Å². The second-order valence-electron chi connectivity index (χ2n) is 16.6. The van der Waals surface area contributed by atoms with E-state index in [0.29, 0.717) is 34.4 Å². The molecule has 2 aliphatic heterocycles. The minimum Gasteiger partial charge on any atom is -0.492 e. The van der Waals surface area contributed by atoms with E-state index in [2.05, 4.69) is 20.4 Å². The lowest BCUT2D eigenvalue weighted by Crippen LogP contribution is -2.43. The summed E-state index contributed by atoms with van der Waals surface area (Å²) in [5, 5.41) is 7.38. The number of para-hydroxylation sites is 2. The van der Waals surface area contributed by atoms with Crippen molar-refractivity contribution in [2.24, 2.45) is 11.8 Å². The Morgan fingerprint density at radius 2 is 0.833 bits per heavy atom. The van der Waals surface area contributed by atoms with E-state index in [-0.39, 0.29) is 35.3 Å². The van der Waals surface area contributed by atoms with Gasteiger partial charge in [0.25, 0.3) is 0 Å². The molecule has 0 aliphatic carbocycles. The quantitative estimate of drug-likeness (QED) is 0.101. The standard InChI is InChI=1S/2C27H28ClFN2O2/c2*28-22-12-10-20(11-13-22)26(24-8-4-5-9-25(24)29)30-27(32)21-14-16-31(17-15-21)18-19-33-23-6-2-1-3-7-23/h2*1-13,21,26H,14-19H2,(H,30,32). The third-order valence-electron chi connectivity index (χ3n) is 12.2. The molecule has 2 unspecified atom stereocenters. The molecule has 2 fully saturated rings. The van der Waals surface area contributed by atoms with Gasteiger partial charge in [0.1, 0.15) is 36.3 Å². The Morgan fingerprint density at radius 3 is 1.18 bits per heavy atom. The van der Waals surface area contributed by atoms with Gasteiger partial charge in [0, 0.05) is 46.1 Å². The zero-order valence-electron chi connectivity index (χ0n) is 36.8. The first-order valence-corrected chi connectivity index (χ1v) is 23.4. The molecule has 8 nitrogen and oxygen atoms in total. The van der Waals surface area contributed by atoms with Gasteiger partial charge in [0.05, 0.1) is 12.1 Å². The second-order valence-corrected chi connectivity index (χ2v) is 17.5. The predicted octanol–water partition coefficient (Wildman–Crippen LogP) is 11.0. The van der Waals surface area contributed by atoms with Crippen molar-refractivity contribution >= 4 is 35.0 Å². The van der Waals surface area contributed by atoms with Crippen molar-refractivity contribution in [1.29, 1.82) is 0 Å². The number of carbonyl (C=O) groups is 2. The van der Waals surface area contributed by atoms with Crippen molar-refractivity contribution in [3.63, 3.8) is 0 Å². The number of rotatable bonds is 16. The van der Waals surface area contributed by atoms with Gasteiger partial charge >= 0.3 is 0 Å². The summed E-state index contributed by atoms with van der Waals surface area (Å²) in [5.74, 6) is 0.769. The molecule has 0 spiro atoms. The van der Waals surface area contributed by atoms with Gasteiger partial charge in [0.2, 0.25) is 11.8 Å². The highest BCUT2D eigenvalue weighted by Gasteiger charge is 2.30. The van der Waals surface area contributed by atoms with Crippen LogP contribution in [0.5, 0.6) is 11.5 Å². The van der Waals surface area contributed by atoms with Gasteiger partial charge in [-0.3, -0.25) is 19.4 Å². The number of nitrogens with one attached hydrogen (secondary N) is 2. The minimum absolute atomic E-state index is 0.0432. The molecule has 2 aliphatic rings. The van der Waals surface area contributed by atoms with Crippen molar-refractivity contribution in [2.75, 3.05) is 52.5 Å². The molecule has 2 saturated heterocycles. The maximum absolute atomic E-state index is 14.6. The fourth-order valence-corrected chi connectivity index (χ4v) is 8.64. The SMILES string of the molecule is O=C(NC(c1ccc(Cl)cc1)c1ccccc1F)C1CCN(CCOc2ccccc2)CC1.O=C(NC(c1ccc(Cl)cc1)c1ccccc1F)C1CCN(CCOc2ccccc2)CC1. The first-order valence-electron chi connectivity index (χ1n) is 22.6. The van der Waals surface area contributed by atoms with Crippen LogP contribution >= 0.6 is 23.2 Å². The molecule has 2 amide bonds. The molecule has 2 N–H and O–H groups in total. The number of hydrogen-bond donors (Lipinski definition) is 2. The van der Waals surface area contributed by atoms with Crippen LogP contribution in [0.15, 0.2) is 158 Å². The van der Waals surface area contributed by atoms with Crippen molar-refractivity contribution in [3.05, 3.63) is 202 Å². The van der Waals surface area contributed by atoms with E-state index in [4.69, 9.17) is 32.7 Å². The van der Waals surface area contributed by atoms with E-state index in [1.165, 1.54) is 12.1 Å². The molecule has 8 rings (SSSR count). The van der Waals surface area contributed by atoms with Crippen LogP contribution in [0.25, 0.3) is 0 Å². The number of halogens is 4. The Balaban J connectivity index is 0.000000196. The molecule has 66 heavy (non-hydrogen) atoms. The molecular weight excluding hydrogens is 878 g/mol. The molecule has 344 valence electrons. The van der Waals surface area contributed by atoms with Crippen LogP contribution in [0.3, 0.4) is 0 Å². The van der Waals surface area contributed by atoms with E-state index in [1.807, 2.05) is 84.9 Å². The normalized spacial score (nSPS) is 15.7. The number of ether oxygens (including phenoxy) is 2. The number of carbonyl (C=O) groups excluding carboxylic acids is 2. The molecule has 6 aromatic rings. The van der Waals surface area contributed by atoms with Crippen LogP contribution in [-0.2, 0) is 9.59 Å². The minimum atomic E-state index is -0.562. The number of benzene rings is 6. The Hall–Kier alpha value is -5.78. The summed E-state index contributed by atoms with van der Waals surface area (Å²) >= 11 is 12.1. The smallest absolute Gasteiger partial charge is 0.223 e. The monoisotopic (exact) mass is 932 g/mol. The first kappa shape index (κ1) is 48.2. The van der Waals surface area contributed by atoms with Gasteiger partial charge in [0.15, 0.2) is 0 Å². The molecule has 2 heterocycles. The van der Waals surface area contributed by atoms with Crippen molar-refractivity contribution < 1.29 is 27.8 Å². The molecule has 2 atom stereocenters. The van der Waals surface area contributed by atoms with Crippen LogP contribution in [0.1, 0.15) is 60.0 Å². The topological polar surface area (TPSA) is 83.1 Å².